The average molecular weight is 276 g/mol. The Kier molecular flexibility index (Phi) is 5.87. The Morgan fingerprint density at radius 3 is 3.15 bits per heavy atom. The summed E-state index contributed by atoms with van der Waals surface area (Å²) in [4.78, 5) is 12.0. The van der Waals surface area contributed by atoms with Crippen LogP contribution in [0.4, 0.5) is 0 Å². The second-order valence-corrected chi connectivity index (χ2v) is 5.31. The molecule has 4 nitrogen and oxygen atoms in total. The summed E-state index contributed by atoms with van der Waals surface area (Å²) in [6.07, 6.45) is 4.45. The van der Waals surface area contributed by atoms with Crippen molar-refractivity contribution in [2.45, 2.75) is 38.6 Å². The molecule has 0 aromatic heterocycles. The van der Waals surface area contributed by atoms with Gasteiger partial charge in [-0.3, -0.25) is 4.79 Å². The van der Waals surface area contributed by atoms with Gasteiger partial charge in [-0.1, -0.05) is 25.0 Å². The molecule has 1 aliphatic rings. The molecule has 0 aliphatic carbocycles. The molecule has 2 rings (SSSR count). The predicted octanol–water partition coefficient (Wildman–Crippen LogP) is 2.02. The summed E-state index contributed by atoms with van der Waals surface area (Å²) in [6, 6.07) is 7.90. The molecule has 1 heterocycles. The summed E-state index contributed by atoms with van der Waals surface area (Å²) < 4.78 is 5.61. The predicted molar refractivity (Wildman–Crippen MR) is 79.9 cm³/mol. The molecule has 0 spiro atoms. The number of hydrogen-bond acceptors (Lipinski definition) is 3. The van der Waals surface area contributed by atoms with Crippen molar-refractivity contribution in [3.63, 3.8) is 0 Å². The summed E-state index contributed by atoms with van der Waals surface area (Å²) in [5.74, 6) is 0.951. The van der Waals surface area contributed by atoms with Crippen LogP contribution in [0.2, 0.25) is 0 Å². The zero-order valence-electron chi connectivity index (χ0n) is 12.2. The van der Waals surface area contributed by atoms with E-state index in [-0.39, 0.29) is 11.9 Å². The number of carbonyl (C=O) groups is 1. The van der Waals surface area contributed by atoms with Gasteiger partial charge in [0, 0.05) is 0 Å². The lowest BCUT2D eigenvalue weighted by molar-refractivity contribution is -0.123. The van der Waals surface area contributed by atoms with Gasteiger partial charge in [-0.05, 0) is 44.0 Å². The van der Waals surface area contributed by atoms with Crippen LogP contribution in [0, 0.1) is 6.92 Å². The van der Waals surface area contributed by atoms with E-state index in [1.165, 1.54) is 18.4 Å². The highest BCUT2D eigenvalue weighted by Gasteiger charge is 2.18. The van der Waals surface area contributed by atoms with Crippen molar-refractivity contribution >= 4 is 5.91 Å². The van der Waals surface area contributed by atoms with E-state index in [2.05, 4.69) is 10.6 Å². The van der Waals surface area contributed by atoms with E-state index in [1.807, 2.05) is 31.2 Å². The highest BCUT2D eigenvalue weighted by atomic mass is 16.5. The minimum absolute atomic E-state index is 0.0310. The highest BCUT2D eigenvalue weighted by molar-refractivity contribution is 5.81. The number of nitrogens with one attached hydrogen (secondary N) is 2. The lowest BCUT2D eigenvalue weighted by Gasteiger charge is -2.15. The molecule has 20 heavy (non-hydrogen) atoms. The van der Waals surface area contributed by atoms with E-state index in [0.29, 0.717) is 13.2 Å². The fourth-order valence-corrected chi connectivity index (χ4v) is 2.42. The Morgan fingerprint density at radius 2 is 2.30 bits per heavy atom. The van der Waals surface area contributed by atoms with Crippen LogP contribution in [-0.2, 0) is 4.79 Å². The molecule has 1 fully saturated rings. The van der Waals surface area contributed by atoms with Gasteiger partial charge >= 0.3 is 0 Å². The smallest absolute Gasteiger partial charge is 0.237 e. The molecule has 1 aromatic carbocycles. The molecule has 1 aromatic rings. The number of amides is 1. The quantitative estimate of drug-likeness (QED) is 0.809. The fourth-order valence-electron chi connectivity index (χ4n) is 2.42. The van der Waals surface area contributed by atoms with Crippen molar-refractivity contribution in [3.05, 3.63) is 29.8 Å². The van der Waals surface area contributed by atoms with Gasteiger partial charge in [-0.2, -0.15) is 0 Å². The topological polar surface area (TPSA) is 50.4 Å². The minimum Gasteiger partial charge on any atom is -0.492 e. The lowest BCUT2D eigenvalue weighted by Crippen LogP contribution is -2.44. The molecule has 1 atom stereocenters. The summed E-state index contributed by atoms with van der Waals surface area (Å²) >= 11 is 0. The largest absolute Gasteiger partial charge is 0.492 e. The zero-order valence-corrected chi connectivity index (χ0v) is 12.2. The van der Waals surface area contributed by atoms with Gasteiger partial charge in [0.15, 0.2) is 0 Å². The van der Waals surface area contributed by atoms with Gasteiger partial charge in [0.25, 0.3) is 0 Å². The van der Waals surface area contributed by atoms with Gasteiger partial charge < -0.3 is 15.4 Å². The molecular weight excluding hydrogens is 252 g/mol. The highest BCUT2D eigenvalue weighted by Crippen LogP contribution is 2.12. The SMILES string of the molecule is Cc1cccc(OCCNC(=O)C2CCCCCN2)c1. The number of carbonyl (C=O) groups excluding carboxylic acids is 1. The zero-order chi connectivity index (χ0) is 14.2. The van der Waals surface area contributed by atoms with Crippen molar-refractivity contribution < 1.29 is 9.53 Å². The Balaban J connectivity index is 1.66. The summed E-state index contributed by atoms with van der Waals surface area (Å²) in [5.41, 5.74) is 1.18. The lowest BCUT2D eigenvalue weighted by atomic mass is 10.1. The number of rotatable bonds is 5. The van der Waals surface area contributed by atoms with Crippen molar-refractivity contribution in [2.24, 2.45) is 0 Å². The Morgan fingerprint density at radius 1 is 1.40 bits per heavy atom. The van der Waals surface area contributed by atoms with Crippen LogP contribution in [0.3, 0.4) is 0 Å². The molecule has 0 bridgehead atoms. The first-order valence-electron chi connectivity index (χ1n) is 7.46. The number of hydrogen-bond donors (Lipinski definition) is 2. The fraction of sp³-hybridized carbons (Fsp3) is 0.562. The molecule has 110 valence electrons. The molecule has 0 radical (unpaired) electrons. The van der Waals surface area contributed by atoms with E-state index >= 15 is 0 Å². The minimum atomic E-state index is -0.0310. The third kappa shape index (κ3) is 4.85. The summed E-state index contributed by atoms with van der Waals surface area (Å²) in [6.45, 7) is 4.02. The number of benzene rings is 1. The van der Waals surface area contributed by atoms with Crippen molar-refractivity contribution in [2.75, 3.05) is 19.7 Å². The second kappa shape index (κ2) is 7.90. The van der Waals surface area contributed by atoms with Crippen molar-refractivity contribution in [3.8, 4) is 5.75 Å². The van der Waals surface area contributed by atoms with Crippen LogP contribution in [-0.4, -0.2) is 31.6 Å². The number of ether oxygens (including phenoxy) is 1. The van der Waals surface area contributed by atoms with E-state index in [1.54, 1.807) is 0 Å². The Hall–Kier alpha value is -1.55. The van der Waals surface area contributed by atoms with Crippen molar-refractivity contribution in [1.82, 2.24) is 10.6 Å². The molecule has 1 aliphatic heterocycles. The first-order chi connectivity index (χ1) is 9.75. The van der Waals surface area contributed by atoms with Gasteiger partial charge in [0.05, 0.1) is 12.6 Å². The third-order valence-electron chi connectivity index (χ3n) is 3.54. The molecule has 4 heteroatoms. The van der Waals surface area contributed by atoms with Crippen LogP contribution < -0.4 is 15.4 Å². The Bertz CT molecular complexity index is 426. The van der Waals surface area contributed by atoms with Gasteiger partial charge in [0.1, 0.15) is 12.4 Å². The molecular formula is C16H24N2O2. The van der Waals surface area contributed by atoms with E-state index in [4.69, 9.17) is 4.74 Å². The maximum absolute atomic E-state index is 12.0. The third-order valence-corrected chi connectivity index (χ3v) is 3.54. The Labute approximate surface area is 120 Å². The molecule has 0 saturated carbocycles. The molecule has 1 saturated heterocycles. The number of aryl methyl sites for hydroxylation is 1. The van der Waals surface area contributed by atoms with Gasteiger partial charge in [-0.25, -0.2) is 0 Å². The summed E-state index contributed by atoms with van der Waals surface area (Å²) in [5, 5.41) is 6.23. The van der Waals surface area contributed by atoms with E-state index in [0.717, 1.165) is 25.1 Å². The van der Waals surface area contributed by atoms with Crippen LogP contribution in [0.1, 0.15) is 31.2 Å². The first kappa shape index (κ1) is 14.9. The maximum atomic E-state index is 12.0. The van der Waals surface area contributed by atoms with Gasteiger partial charge in [-0.15, -0.1) is 0 Å². The molecule has 1 amide bonds. The van der Waals surface area contributed by atoms with Crippen LogP contribution in [0.15, 0.2) is 24.3 Å². The average Bonchev–Trinajstić information content (AvgIpc) is 2.72. The van der Waals surface area contributed by atoms with E-state index < -0.39 is 0 Å². The summed E-state index contributed by atoms with van der Waals surface area (Å²) in [7, 11) is 0. The van der Waals surface area contributed by atoms with Gasteiger partial charge in [0.2, 0.25) is 5.91 Å². The first-order valence-corrected chi connectivity index (χ1v) is 7.46. The van der Waals surface area contributed by atoms with Crippen LogP contribution >= 0.6 is 0 Å². The molecule has 2 N–H and O–H groups in total. The normalized spacial score (nSPS) is 19.1. The monoisotopic (exact) mass is 276 g/mol. The van der Waals surface area contributed by atoms with E-state index in [9.17, 15) is 4.79 Å². The van der Waals surface area contributed by atoms with Crippen LogP contribution in [0.25, 0.3) is 0 Å². The molecule has 1 unspecified atom stereocenters. The van der Waals surface area contributed by atoms with Crippen molar-refractivity contribution in [1.29, 1.82) is 0 Å². The maximum Gasteiger partial charge on any atom is 0.237 e. The van der Waals surface area contributed by atoms with Crippen LogP contribution in [0.5, 0.6) is 5.75 Å². The second-order valence-electron chi connectivity index (χ2n) is 5.31. The standard InChI is InChI=1S/C16H24N2O2/c1-13-6-5-7-14(12-13)20-11-10-18-16(19)15-8-3-2-4-9-17-15/h5-7,12,15,17H,2-4,8-11H2,1H3,(H,18,19).